The standard InChI is InChI=1S/C10H12N2O2/c1-6-10(14)11-7-4-3-5-8(13)9(7)12(6)2/h3-6,13H,1-2H3,(H,11,14). The van der Waals surface area contributed by atoms with Gasteiger partial charge in [-0.15, -0.1) is 0 Å². The van der Waals surface area contributed by atoms with Gasteiger partial charge in [-0.05, 0) is 19.1 Å². The van der Waals surface area contributed by atoms with E-state index >= 15 is 0 Å². The van der Waals surface area contributed by atoms with Gasteiger partial charge in [0, 0.05) is 7.05 Å². The molecule has 1 atom stereocenters. The Bertz CT molecular complexity index is 390. The van der Waals surface area contributed by atoms with Crippen molar-refractivity contribution in [3.05, 3.63) is 18.2 Å². The lowest BCUT2D eigenvalue weighted by Crippen LogP contribution is -2.43. The topological polar surface area (TPSA) is 52.6 Å². The molecular weight excluding hydrogens is 180 g/mol. The number of amides is 1. The summed E-state index contributed by atoms with van der Waals surface area (Å²) in [6.07, 6.45) is 0. The molecule has 1 heterocycles. The molecule has 14 heavy (non-hydrogen) atoms. The van der Waals surface area contributed by atoms with Crippen LogP contribution in [-0.4, -0.2) is 24.1 Å². The zero-order chi connectivity index (χ0) is 10.3. The maximum atomic E-state index is 11.4. The average Bonchev–Trinajstić information content (AvgIpc) is 2.14. The van der Waals surface area contributed by atoms with Gasteiger partial charge in [0.15, 0.2) is 0 Å². The van der Waals surface area contributed by atoms with Gasteiger partial charge in [-0.3, -0.25) is 4.79 Å². The minimum atomic E-state index is -0.254. The molecule has 0 aromatic heterocycles. The fourth-order valence-electron chi connectivity index (χ4n) is 1.61. The lowest BCUT2D eigenvalue weighted by molar-refractivity contribution is -0.117. The fraction of sp³-hybridized carbons (Fsp3) is 0.300. The summed E-state index contributed by atoms with van der Waals surface area (Å²) in [6.45, 7) is 1.80. The zero-order valence-electron chi connectivity index (χ0n) is 8.11. The van der Waals surface area contributed by atoms with E-state index in [1.54, 1.807) is 37.1 Å². The molecule has 74 valence electrons. The molecule has 1 aromatic rings. The Hall–Kier alpha value is -1.71. The summed E-state index contributed by atoms with van der Waals surface area (Å²) < 4.78 is 0. The number of hydrogen-bond acceptors (Lipinski definition) is 3. The second-order valence-corrected chi connectivity index (χ2v) is 3.45. The first kappa shape index (κ1) is 8.87. The van der Waals surface area contributed by atoms with Gasteiger partial charge < -0.3 is 15.3 Å². The number of benzene rings is 1. The lowest BCUT2D eigenvalue weighted by Gasteiger charge is -2.33. The van der Waals surface area contributed by atoms with Crippen LogP contribution in [0.2, 0.25) is 0 Å². The number of likely N-dealkylation sites (N-methyl/N-ethyl adjacent to an activating group) is 1. The van der Waals surface area contributed by atoms with Crippen molar-refractivity contribution in [2.75, 3.05) is 17.3 Å². The second-order valence-electron chi connectivity index (χ2n) is 3.45. The van der Waals surface area contributed by atoms with Crippen LogP contribution >= 0.6 is 0 Å². The zero-order valence-corrected chi connectivity index (χ0v) is 8.11. The summed E-state index contributed by atoms with van der Waals surface area (Å²) in [7, 11) is 1.79. The van der Waals surface area contributed by atoms with Crippen molar-refractivity contribution in [2.24, 2.45) is 0 Å². The van der Waals surface area contributed by atoms with Crippen LogP contribution in [0.3, 0.4) is 0 Å². The van der Waals surface area contributed by atoms with Crippen molar-refractivity contribution in [1.29, 1.82) is 0 Å². The van der Waals surface area contributed by atoms with Gasteiger partial charge in [-0.25, -0.2) is 0 Å². The minimum absolute atomic E-state index is 0.0504. The monoisotopic (exact) mass is 192 g/mol. The molecule has 2 rings (SSSR count). The highest BCUT2D eigenvalue weighted by molar-refractivity contribution is 6.04. The molecular formula is C10H12N2O2. The normalized spacial score (nSPS) is 20.3. The molecule has 0 aliphatic carbocycles. The fourth-order valence-corrected chi connectivity index (χ4v) is 1.61. The molecule has 1 amide bonds. The van der Waals surface area contributed by atoms with Gasteiger partial charge in [0.1, 0.15) is 17.5 Å². The molecule has 1 aliphatic rings. The summed E-state index contributed by atoms with van der Waals surface area (Å²) in [6, 6.07) is 4.84. The number of nitrogens with zero attached hydrogens (tertiary/aromatic N) is 1. The number of phenolic OH excluding ortho intramolecular Hbond substituents is 1. The molecule has 4 heteroatoms. The average molecular weight is 192 g/mol. The molecule has 1 unspecified atom stereocenters. The number of carbonyl (C=O) groups excluding carboxylic acids is 1. The van der Waals surface area contributed by atoms with E-state index in [1.807, 2.05) is 0 Å². The van der Waals surface area contributed by atoms with Gasteiger partial charge in [0.2, 0.25) is 5.91 Å². The van der Waals surface area contributed by atoms with Crippen molar-refractivity contribution in [3.63, 3.8) is 0 Å². The number of para-hydroxylation sites is 1. The van der Waals surface area contributed by atoms with E-state index in [9.17, 15) is 9.90 Å². The summed E-state index contributed by atoms with van der Waals surface area (Å²) in [5.74, 6) is 0.141. The molecule has 0 saturated heterocycles. The Labute approximate surface area is 82.2 Å². The van der Waals surface area contributed by atoms with Gasteiger partial charge >= 0.3 is 0 Å². The number of anilines is 2. The molecule has 0 saturated carbocycles. The number of aromatic hydroxyl groups is 1. The Morgan fingerprint density at radius 2 is 2.21 bits per heavy atom. The van der Waals surface area contributed by atoms with E-state index in [0.717, 1.165) is 0 Å². The van der Waals surface area contributed by atoms with E-state index in [0.29, 0.717) is 11.4 Å². The third-order valence-electron chi connectivity index (χ3n) is 2.59. The molecule has 4 nitrogen and oxygen atoms in total. The predicted molar refractivity (Wildman–Crippen MR) is 54.6 cm³/mol. The highest BCUT2D eigenvalue weighted by atomic mass is 16.3. The smallest absolute Gasteiger partial charge is 0.246 e. The van der Waals surface area contributed by atoms with Crippen molar-refractivity contribution in [2.45, 2.75) is 13.0 Å². The third kappa shape index (κ3) is 1.11. The summed E-state index contributed by atoms with van der Waals surface area (Å²) >= 11 is 0. The van der Waals surface area contributed by atoms with E-state index in [1.165, 1.54) is 0 Å². The molecule has 0 radical (unpaired) electrons. The highest BCUT2D eigenvalue weighted by Crippen LogP contribution is 2.38. The maximum absolute atomic E-state index is 11.4. The van der Waals surface area contributed by atoms with E-state index in [4.69, 9.17) is 0 Å². The molecule has 0 fully saturated rings. The first-order valence-corrected chi connectivity index (χ1v) is 4.47. The third-order valence-corrected chi connectivity index (χ3v) is 2.59. The molecule has 1 aliphatic heterocycles. The van der Waals surface area contributed by atoms with Crippen molar-refractivity contribution in [1.82, 2.24) is 0 Å². The Balaban J connectivity index is 2.56. The van der Waals surface area contributed by atoms with Crippen LogP contribution in [0.4, 0.5) is 11.4 Å². The SMILES string of the molecule is CC1C(=O)Nc2cccc(O)c2N1C. The van der Waals surface area contributed by atoms with Crippen molar-refractivity contribution in [3.8, 4) is 5.75 Å². The number of fused-ring (bicyclic) bond motifs is 1. The van der Waals surface area contributed by atoms with Crippen LogP contribution in [-0.2, 0) is 4.79 Å². The number of hydrogen-bond donors (Lipinski definition) is 2. The summed E-state index contributed by atoms with van der Waals surface area (Å²) in [4.78, 5) is 13.2. The predicted octanol–water partition coefficient (Wildman–Crippen LogP) is 1.17. The summed E-state index contributed by atoms with van der Waals surface area (Å²) in [5, 5.41) is 12.4. The number of phenols is 1. The van der Waals surface area contributed by atoms with Crippen LogP contribution in [0.5, 0.6) is 5.75 Å². The number of rotatable bonds is 0. The van der Waals surface area contributed by atoms with Gasteiger partial charge in [0.05, 0.1) is 5.69 Å². The van der Waals surface area contributed by atoms with Gasteiger partial charge in [-0.2, -0.15) is 0 Å². The Kier molecular flexibility index (Phi) is 1.84. The number of carbonyl (C=O) groups is 1. The van der Waals surface area contributed by atoms with Crippen LogP contribution in [0.25, 0.3) is 0 Å². The van der Waals surface area contributed by atoms with Crippen LogP contribution in [0.15, 0.2) is 18.2 Å². The van der Waals surface area contributed by atoms with E-state index in [2.05, 4.69) is 5.32 Å². The van der Waals surface area contributed by atoms with Gasteiger partial charge in [0.25, 0.3) is 0 Å². The lowest BCUT2D eigenvalue weighted by atomic mass is 10.1. The number of nitrogens with one attached hydrogen (secondary N) is 1. The maximum Gasteiger partial charge on any atom is 0.246 e. The van der Waals surface area contributed by atoms with Crippen LogP contribution in [0, 0.1) is 0 Å². The Morgan fingerprint density at radius 3 is 2.93 bits per heavy atom. The van der Waals surface area contributed by atoms with Crippen LogP contribution in [0.1, 0.15) is 6.92 Å². The van der Waals surface area contributed by atoms with Gasteiger partial charge in [-0.1, -0.05) is 6.07 Å². The second kappa shape index (κ2) is 2.90. The van der Waals surface area contributed by atoms with Crippen molar-refractivity contribution < 1.29 is 9.90 Å². The van der Waals surface area contributed by atoms with Crippen LogP contribution < -0.4 is 10.2 Å². The summed E-state index contributed by atoms with van der Waals surface area (Å²) in [5.41, 5.74) is 1.34. The molecule has 2 N–H and O–H groups in total. The molecule has 1 aromatic carbocycles. The molecule has 0 bridgehead atoms. The first-order chi connectivity index (χ1) is 6.61. The highest BCUT2D eigenvalue weighted by Gasteiger charge is 2.28. The van der Waals surface area contributed by atoms with E-state index in [-0.39, 0.29) is 17.7 Å². The Morgan fingerprint density at radius 1 is 1.50 bits per heavy atom. The first-order valence-electron chi connectivity index (χ1n) is 4.47. The largest absolute Gasteiger partial charge is 0.506 e. The van der Waals surface area contributed by atoms with E-state index < -0.39 is 0 Å². The van der Waals surface area contributed by atoms with Crippen molar-refractivity contribution >= 4 is 17.3 Å². The molecule has 0 spiro atoms. The minimum Gasteiger partial charge on any atom is -0.506 e. The quantitative estimate of drug-likeness (QED) is 0.648.